The molecule has 1 amide bonds. The molecule has 0 radical (unpaired) electrons. The molecule has 0 spiro atoms. The number of aryl methyl sites for hydroxylation is 1. The molecular weight excluding hydrogens is 240 g/mol. The standard InChI is InChI=1S/C14H16N4O/c1-10-4-5-16-8-12(10)9-18-14(19)13-3-2-11(6-15)7-17-13/h2-5,7-8H,6,9,15H2,1H3,(H,18,19). The fourth-order valence-corrected chi connectivity index (χ4v) is 1.63. The summed E-state index contributed by atoms with van der Waals surface area (Å²) < 4.78 is 0. The van der Waals surface area contributed by atoms with Gasteiger partial charge in [0, 0.05) is 31.7 Å². The van der Waals surface area contributed by atoms with E-state index in [1.54, 1.807) is 30.7 Å². The highest BCUT2D eigenvalue weighted by Crippen LogP contribution is 2.05. The van der Waals surface area contributed by atoms with Gasteiger partial charge in [0.15, 0.2) is 0 Å². The number of nitrogens with two attached hydrogens (primary N) is 1. The van der Waals surface area contributed by atoms with Crippen LogP contribution in [0.25, 0.3) is 0 Å². The Labute approximate surface area is 111 Å². The lowest BCUT2D eigenvalue weighted by Crippen LogP contribution is -2.24. The van der Waals surface area contributed by atoms with Crippen LogP contribution in [0.1, 0.15) is 27.2 Å². The smallest absolute Gasteiger partial charge is 0.270 e. The molecule has 19 heavy (non-hydrogen) atoms. The van der Waals surface area contributed by atoms with E-state index >= 15 is 0 Å². The van der Waals surface area contributed by atoms with Gasteiger partial charge in [-0.3, -0.25) is 14.8 Å². The molecule has 0 saturated carbocycles. The van der Waals surface area contributed by atoms with Gasteiger partial charge in [-0.05, 0) is 35.7 Å². The van der Waals surface area contributed by atoms with Crippen LogP contribution in [-0.4, -0.2) is 15.9 Å². The zero-order valence-corrected chi connectivity index (χ0v) is 10.8. The summed E-state index contributed by atoms with van der Waals surface area (Å²) in [5.41, 5.74) is 8.86. The van der Waals surface area contributed by atoms with Crippen molar-refractivity contribution in [1.82, 2.24) is 15.3 Å². The van der Waals surface area contributed by atoms with Crippen molar-refractivity contribution in [1.29, 1.82) is 0 Å². The van der Waals surface area contributed by atoms with Gasteiger partial charge in [-0.25, -0.2) is 0 Å². The molecular formula is C14H16N4O. The van der Waals surface area contributed by atoms with E-state index in [1.807, 2.05) is 13.0 Å². The van der Waals surface area contributed by atoms with E-state index in [4.69, 9.17) is 5.73 Å². The van der Waals surface area contributed by atoms with Crippen molar-refractivity contribution in [3.8, 4) is 0 Å². The van der Waals surface area contributed by atoms with Gasteiger partial charge < -0.3 is 11.1 Å². The first kappa shape index (κ1) is 13.2. The monoisotopic (exact) mass is 256 g/mol. The first-order chi connectivity index (χ1) is 9.20. The Bertz CT molecular complexity index is 566. The van der Waals surface area contributed by atoms with Crippen LogP contribution in [0.4, 0.5) is 0 Å². The summed E-state index contributed by atoms with van der Waals surface area (Å²) in [4.78, 5) is 20.0. The summed E-state index contributed by atoms with van der Waals surface area (Å²) in [7, 11) is 0. The zero-order valence-electron chi connectivity index (χ0n) is 10.8. The fraction of sp³-hybridized carbons (Fsp3) is 0.214. The quantitative estimate of drug-likeness (QED) is 0.860. The lowest BCUT2D eigenvalue weighted by atomic mass is 10.1. The van der Waals surface area contributed by atoms with Gasteiger partial charge in [-0.15, -0.1) is 0 Å². The topological polar surface area (TPSA) is 80.9 Å². The van der Waals surface area contributed by atoms with Crippen LogP contribution in [0.3, 0.4) is 0 Å². The van der Waals surface area contributed by atoms with Crippen LogP contribution in [0, 0.1) is 6.92 Å². The van der Waals surface area contributed by atoms with Gasteiger partial charge in [-0.1, -0.05) is 6.07 Å². The maximum absolute atomic E-state index is 11.9. The Hall–Kier alpha value is -2.27. The normalized spacial score (nSPS) is 10.2. The number of hydrogen-bond donors (Lipinski definition) is 2. The Morgan fingerprint density at radius 2 is 2.16 bits per heavy atom. The molecule has 5 nitrogen and oxygen atoms in total. The molecule has 0 aliphatic heterocycles. The average Bonchev–Trinajstić information content (AvgIpc) is 2.46. The SMILES string of the molecule is Cc1ccncc1CNC(=O)c1ccc(CN)cn1. The minimum atomic E-state index is -0.202. The highest BCUT2D eigenvalue weighted by atomic mass is 16.1. The predicted octanol–water partition coefficient (Wildman–Crippen LogP) is 1.17. The third kappa shape index (κ3) is 3.35. The highest BCUT2D eigenvalue weighted by Gasteiger charge is 2.07. The summed E-state index contributed by atoms with van der Waals surface area (Å²) in [6.07, 6.45) is 5.10. The molecule has 0 bridgehead atoms. The summed E-state index contributed by atoms with van der Waals surface area (Å²) in [5.74, 6) is -0.202. The van der Waals surface area contributed by atoms with Crippen molar-refractivity contribution >= 4 is 5.91 Å². The van der Waals surface area contributed by atoms with Gasteiger partial charge in [-0.2, -0.15) is 0 Å². The van der Waals surface area contributed by atoms with Crippen LogP contribution in [0.15, 0.2) is 36.8 Å². The second-order valence-electron chi connectivity index (χ2n) is 4.24. The van der Waals surface area contributed by atoms with E-state index in [9.17, 15) is 4.79 Å². The van der Waals surface area contributed by atoms with Crippen molar-refractivity contribution < 1.29 is 4.79 Å². The van der Waals surface area contributed by atoms with Crippen molar-refractivity contribution in [3.63, 3.8) is 0 Å². The third-order valence-electron chi connectivity index (χ3n) is 2.88. The van der Waals surface area contributed by atoms with Crippen LogP contribution in [0.2, 0.25) is 0 Å². The maximum Gasteiger partial charge on any atom is 0.270 e. The van der Waals surface area contributed by atoms with Crippen LogP contribution >= 0.6 is 0 Å². The molecule has 0 fully saturated rings. The molecule has 0 saturated heterocycles. The van der Waals surface area contributed by atoms with E-state index in [0.29, 0.717) is 18.8 Å². The molecule has 2 aromatic rings. The number of carbonyl (C=O) groups excluding carboxylic acids is 1. The highest BCUT2D eigenvalue weighted by molar-refractivity contribution is 5.92. The minimum Gasteiger partial charge on any atom is -0.347 e. The van der Waals surface area contributed by atoms with E-state index in [1.165, 1.54) is 0 Å². The van der Waals surface area contributed by atoms with Gasteiger partial charge in [0.2, 0.25) is 0 Å². The number of nitrogens with one attached hydrogen (secondary N) is 1. The fourth-order valence-electron chi connectivity index (χ4n) is 1.63. The summed E-state index contributed by atoms with van der Waals surface area (Å²) in [5, 5.41) is 2.82. The predicted molar refractivity (Wildman–Crippen MR) is 72.3 cm³/mol. The lowest BCUT2D eigenvalue weighted by molar-refractivity contribution is 0.0946. The number of nitrogens with zero attached hydrogens (tertiary/aromatic N) is 2. The van der Waals surface area contributed by atoms with Gasteiger partial charge in [0.05, 0.1) is 0 Å². The number of carbonyl (C=O) groups is 1. The molecule has 5 heteroatoms. The molecule has 3 N–H and O–H groups in total. The molecule has 0 aliphatic carbocycles. The molecule has 98 valence electrons. The van der Waals surface area contributed by atoms with Crippen LogP contribution < -0.4 is 11.1 Å². The summed E-state index contributed by atoms with van der Waals surface area (Å²) >= 11 is 0. The number of hydrogen-bond acceptors (Lipinski definition) is 4. The average molecular weight is 256 g/mol. The van der Waals surface area contributed by atoms with Crippen molar-refractivity contribution in [2.45, 2.75) is 20.0 Å². The maximum atomic E-state index is 11.9. The Kier molecular flexibility index (Phi) is 4.20. The Balaban J connectivity index is 1.99. The second-order valence-corrected chi connectivity index (χ2v) is 4.24. The van der Waals surface area contributed by atoms with E-state index in [0.717, 1.165) is 16.7 Å². The molecule has 2 aromatic heterocycles. The third-order valence-corrected chi connectivity index (χ3v) is 2.88. The molecule has 2 rings (SSSR count). The zero-order chi connectivity index (χ0) is 13.7. The summed E-state index contributed by atoms with van der Waals surface area (Å²) in [6.45, 7) is 2.85. The summed E-state index contributed by atoms with van der Waals surface area (Å²) in [6, 6.07) is 5.39. The molecule has 0 aliphatic rings. The number of amides is 1. The Morgan fingerprint density at radius 1 is 1.32 bits per heavy atom. The van der Waals surface area contributed by atoms with Gasteiger partial charge in [0.1, 0.15) is 5.69 Å². The second kappa shape index (κ2) is 6.06. The molecule has 0 unspecified atom stereocenters. The van der Waals surface area contributed by atoms with Crippen LogP contribution in [0.5, 0.6) is 0 Å². The molecule has 0 atom stereocenters. The largest absolute Gasteiger partial charge is 0.347 e. The van der Waals surface area contributed by atoms with Crippen molar-refractivity contribution in [2.75, 3.05) is 0 Å². The number of rotatable bonds is 4. The van der Waals surface area contributed by atoms with E-state index in [2.05, 4.69) is 15.3 Å². The molecule has 2 heterocycles. The molecule has 0 aromatic carbocycles. The van der Waals surface area contributed by atoms with E-state index < -0.39 is 0 Å². The van der Waals surface area contributed by atoms with Crippen LogP contribution in [-0.2, 0) is 13.1 Å². The minimum absolute atomic E-state index is 0.202. The Morgan fingerprint density at radius 3 is 2.79 bits per heavy atom. The first-order valence-electron chi connectivity index (χ1n) is 6.03. The van der Waals surface area contributed by atoms with Crippen molar-refractivity contribution in [2.24, 2.45) is 5.73 Å². The van der Waals surface area contributed by atoms with E-state index in [-0.39, 0.29) is 5.91 Å². The number of aromatic nitrogens is 2. The van der Waals surface area contributed by atoms with Gasteiger partial charge >= 0.3 is 0 Å². The van der Waals surface area contributed by atoms with Crippen molar-refractivity contribution in [3.05, 3.63) is 59.2 Å². The number of pyridine rings is 2. The lowest BCUT2D eigenvalue weighted by Gasteiger charge is -2.07. The first-order valence-corrected chi connectivity index (χ1v) is 6.03. The van der Waals surface area contributed by atoms with Gasteiger partial charge in [0.25, 0.3) is 5.91 Å².